The molecule has 0 amide bonds. The molecule has 106 valence electrons. The molecule has 0 saturated carbocycles. The minimum atomic E-state index is 1.08. The van der Waals surface area contributed by atoms with Gasteiger partial charge < -0.3 is 10.6 Å². The van der Waals surface area contributed by atoms with Gasteiger partial charge in [-0.05, 0) is 43.5 Å². The highest BCUT2D eigenvalue weighted by Crippen LogP contribution is 2.09. The van der Waals surface area contributed by atoms with Gasteiger partial charge in [-0.2, -0.15) is 0 Å². The number of nitrogens with zero attached hydrogens (tertiary/aromatic N) is 1. The second-order valence-electron chi connectivity index (χ2n) is 5.51. The molecule has 3 nitrogen and oxygen atoms in total. The van der Waals surface area contributed by atoms with E-state index in [9.17, 15) is 0 Å². The van der Waals surface area contributed by atoms with Crippen LogP contribution in [0.3, 0.4) is 0 Å². The highest BCUT2D eigenvalue weighted by atomic mass is 15.2. The Labute approximate surface area is 117 Å². The maximum Gasteiger partial charge on any atom is 0.0108 e. The Bertz CT molecular complexity index is 384. The van der Waals surface area contributed by atoms with Gasteiger partial charge in [0.1, 0.15) is 0 Å². The molecule has 2 rings (SSSR count). The Morgan fingerprint density at radius 3 is 2.63 bits per heavy atom. The molecule has 1 saturated heterocycles. The quantitative estimate of drug-likeness (QED) is 0.757. The molecular formula is C16H27N3. The van der Waals surface area contributed by atoms with Crippen LogP contribution in [0.4, 0.5) is 0 Å². The molecule has 1 aromatic carbocycles. The minimum absolute atomic E-state index is 1.08. The van der Waals surface area contributed by atoms with Crippen LogP contribution in [0.5, 0.6) is 0 Å². The highest BCUT2D eigenvalue weighted by molar-refractivity contribution is 5.29. The average Bonchev–Trinajstić information content (AvgIpc) is 2.43. The molecule has 0 spiro atoms. The van der Waals surface area contributed by atoms with Crippen molar-refractivity contribution in [1.29, 1.82) is 0 Å². The Morgan fingerprint density at radius 1 is 1.11 bits per heavy atom. The van der Waals surface area contributed by atoms with Gasteiger partial charge in [-0.3, -0.25) is 4.90 Å². The van der Waals surface area contributed by atoms with E-state index in [1.807, 2.05) is 0 Å². The molecule has 0 atom stereocenters. The Hall–Kier alpha value is -0.900. The summed E-state index contributed by atoms with van der Waals surface area (Å²) in [5.74, 6) is 0. The van der Waals surface area contributed by atoms with Crippen LogP contribution in [0, 0.1) is 13.8 Å². The molecule has 19 heavy (non-hydrogen) atoms. The zero-order chi connectivity index (χ0) is 13.5. The summed E-state index contributed by atoms with van der Waals surface area (Å²) in [6, 6.07) is 6.79. The van der Waals surface area contributed by atoms with Crippen molar-refractivity contribution in [2.45, 2.75) is 20.3 Å². The summed E-state index contributed by atoms with van der Waals surface area (Å²) in [5, 5.41) is 6.94. The van der Waals surface area contributed by atoms with Gasteiger partial charge in [0, 0.05) is 39.3 Å². The van der Waals surface area contributed by atoms with Crippen LogP contribution in [-0.4, -0.2) is 50.7 Å². The number of hydrogen-bond acceptors (Lipinski definition) is 3. The van der Waals surface area contributed by atoms with Crippen LogP contribution in [0.2, 0.25) is 0 Å². The molecule has 1 aromatic rings. The van der Waals surface area contributed by atoms with E-state index in [2.05, 4.69) is 47.6 Å². The molecule has 0 unspecified atom stereocenters. The smallest absolute Gasteiger partial charge is 0.0108 e. The summed E-state index contributed by atoms with van der Waals surface area (Å²) < 4.78 is 0. The van der Waals surface area contributed by atoms with Crippen LogP contribution in [0.25, 0.3) is 0 Å². The van der Waals surface area contributed by atoms with Gasteiger partial charge in [-0.25, -0.2) is 0 Å². The van der Waals surface area contributed by atoms with E-state index < -0.39 is 0 Å². The highest BCUT2D eigenvalue weighted by Gasteiger charge is 2.07. The number of rotatable bonds is 6. The van der Waals surface area contributed by atoms with Crippen molar-refractivity contribution in [2.75, 3.05) is 45.8 Å². The third-order valence-electron chi connectivity index (χ3n) is 3.98. The van der Waals surface area contributed by atoms with Crippen molar-refractivity contribution in [3.05, 3.63) is 34.9 Å². The first-order valence-corrected chi connectivity index (χ1v) is 7.45. The second kappa shape index (κ2) is 7.63. The van der Waals surface area contributed by atoms with Gasteiger partial charge in [0.2, 0.25) is 0 Å². The molecule has 0 bridgehead atoms. The predicted octanol–water partition coefficient (Wildman–Crippen LogP) is 1.34. The molecule has 0 radical (unpaired) electrons. The fourth-order valence-corrected chi connectivity index (χ4v) is 2.49. The van der Waals surface area contributed by atoms with Crippen molar-refractivity contribution in [3.8, 4) is 0 Å². The fraction of sp³-hybridized carbons (Fsp3) is 0.625. The first kappa shape index (κ1) is 14.5. The van der Waals surface area contributed by atoms with E-state index in [1.165, 1.54) is 36.3 Å². The molecular weight excluding hydrogens is 234 g/mol. The largest absolute Gasteiger partial charge is 0.315 e. The lowest BCUT2D eigenvalue weighted by Crippen LogP contribution is -2.45. The number of piperazine rings is 1. The van der Waals surface area contributed by atoms with Gasteiger partial charge in [0.25, 0.3) is 0 Å². The molecule has 0 aromatic heterocycles. The van der Waals surface area contributed by atoms with Crippen LogP contribution < -0.4 is 10.6 Å². The molecule has 3 heteroatoms. The SMILES string of the molecule is Cc1ccc(CCNCCN2CCNCC2)cc1C. The van der Waals surface area contributed by atoms with Crippen molar-refractivity contribution in [1.82, 2.24) is 15.5 Å². The van der Waals surface area contributed by atoms with Gasteiger partial charge in [0.15, 0.2) is 0 Å². The van der Waals surface area contributed by atoms with Gasteiger partial charge in [-0.15, -0.1) is 0 Å². The second-order valence-corrected chi connectivity index (χ2v) is 5.51. The van der Waals surface area contributed by atoms with Crippen LogP contribution >= 0.6 is 0 Å². The van der Waals surface area contributed by atoms with E-state index >= 15 is 0 Å². The van der Waals surface area contributed by atoms with E-state index in [0.717, 1.165) is 32.6 Å². The summed E-state index contributed by atoms with van der Waals surface area (Å²) in [7, 11) is 0. The van der Waals surface area contributed by atoms with Gasteiger partial charge in [0.05, 0.1) is 0 Å². The lowest BCUT2D eigenvalue weighted by atomic mass is 10.0. The van der Waals surface area contributed by atoms with Crippen molar-refractivity contribution in [2.24, 2.45) is 0 Å². The molecule has 1 heterocycles. The monoisotopic (exact) mass is 261 g/mol. The van der Waals surface area contributed by atoms with Crippen molar-refractivity contribution in [3.63, 3.8) is 0 Å². The number of hydrogen-bond donors (Lipinski definition) is 2. The maximum absolute atomic E-state index is 3.55. The standard InChI is InChI=1S/C16H27N3/c1-14-3-4-16(13-15(14)2)5-6-17-7-10-19-11-8-18-9-12-19/h3-4,13,17-18H,5-12H2,1-2H3. The zero-order valence-electron chi connectivity index (χ0n) is 12.3. The number of benzene rings is 1. The first-order chi connectivity index (χ1) is 9.25. The van der Waals surface area contributed by atoms with E-state index in [-0.39, 0.29) is 0 Å². The van der Waals surface area contributed by atoms with E-state index in [4.69, 9.17) is 0 Å². The van der Waals surface area contributed by atoms with Crippen LogP contribution in [0.15, 0.2) is 18.2 Å². The lowest BCUT2D eigenvalue weighted by molar-refractivity contribution is 0.241. The number of aryl methyl sites for hydroxylation is 2. The molecule has 1 fully saturated rings. The van der Waals surface area contributed by atoms with Gasteiger partial charge >= 0.3 is 0 Å². The third-order valence-corrected chi connectivity index (χ3v) is 3.98. The summed E-state index contributed by atoms with van der Waals surface area (Å²) in [5.41, 5.74) is 4.23. The fourth-order valence-electron chi connectivity index (χ4n) is 2.49. The summed E-state index contributed by atoms with van der Waals surface area (Å²) >= 11 is 0. The Balaban J connectivity index is 1.59. The van der Waals surface area contributed by atoms with Crippen molar-refractivity contribution < 1.29 is 0 Å². The minimum Gasteiger partial charge on any atom is -0.315 e. The molecule has 1 aliphatic heterocycles. The van der Waals surface area contributed by atoms with Crippen molar-refractivity contribution >= 4 is 0 Å². The molecule has 0 aliphatic carbocycles. The summed E-state index contributed by atoms with van der Waals surface area (Å²) in [6.07, 6.45) is 1.13. The Morgan fingerprint density at radius 2 is 1.89 bits per heavy atom. The first-order valence-electron chi connectivity index (χ1n) is 7.45. The maximum atomic E-state index is 3.55. The van der Waals surface area contributed by atoms with Crippen LogP contribution in [0.1, 0.15) is 16.7 Å². The Kier molecular flexibility index (Phi) is 5.83. The summed E-state index contributed by atoms with van der Waals surface area (Å²) in [6.45, 7) is 12.4. The predicted molar refractivity (Wildman–Crippen MR) is 81.8 cm³/mol. The van der Waals surface area contributed by atoms with E-state index in [0.29, 0.717) is 0 Å². The lowest BCUT2D eigenvalue weighted by Gasteiger charge is -2.27. The van der Waals surface area contributed by atoms with E-state index in [1.54, 1.807) is 0 Å². The third kappa shape index (κ3) is 4.94. The average molecular weight is 261 g/mol. The summed E-state index contributed by atoms with van der Waals surface area (Å²) in [4.78, 5) is 2.53. The topological polar surface area (TPSA) is 27.3 Å². The molecule has 2 N–H and O–H groups in total. The van der Waals surface area contributed by atoms with Crippen LogP contribution in [-0.2, 0) is 6.42 Å². The molecule has 1 aliphatic rings. The van der Waals surface area contributed by atoms with Gasteiger partial charge in [-0.1, -0.05) is 18.2 Å². The normalized spacial score (nSPS) is 16.7. The number of nitrogens with one attached hydrogen (secondary N) is 2. The zero-order valence-corrected chi connectivity index (χ0v) is 12.3.